The Bertz CT molecular complexity index is 781. The zero-order valence-corrected chi connectivity index (χ0v) is 15.3. The van der Waals surface area contributed by atoms with E-state index >= 15 is 0 Å². The zero-order chi connectivity index (χ0) is 15.6. The Hall–Kier alpha value is -0.600. The van der Waals surface area contributed by atoms with Crippen molar-refractivity contribution in [2.45, 2.75) is 11.5 Å². The van der Waals surface area contributed by atoms with Gasteiger partial charge in [0.25, 0.3) is 0 Å². The molecule has 0 aliphatic heterocycles. The van der Waals surface area contributed by atoms with Crippen LogP contribution in [0, 0.1) is 0 Å². The van der Waals surface area contributed by atoms with Gasteiger partial charge in [-0.25, -0.2) is 13.6 Å². The predicted molar refractivity (Wildman–Crippen MR) is 89.0 cm³/mol. The van der Waals surface area contributed by atoms with Gasteiger partial charge in [0, 0.05) is 8.95 Å². The van der Waals surface area contributed by atoms with Gasteiger partial charge in [0.1, 0.15) is 11.5 Å². The van der Waals surface area contributed by atoms with E-state index in [1.54, 1.807) is 6.07 Å². The summed E-state index contributed by atoms with van der Waals surface area (Å²) in [5.41, 5.74) is 0.865. The third-order valence-electron chi connectivity index (χ3n) is 2.55. The fourth-order valence-electron chi connectivity index (χ4n) is 1.67. The Kier molecular flexibility index (Phi) is 5.32. The van der Waals surface area contributed by atoms with Gasteiger partial charge in [0.2, 0.25) is 10.0 Å². The number of ether oxygens (including phenoxy) is 1. The van der Waals surface area contributed by atoms with Gasteiger partial charge in [-0.05, 0) is 29.8 Å². The molecule has 0 aliphatic carbocycles. The number of sulfonamides is 1. The summed E-state index contributed by atoms with van der Waals surface area (Å²) in [6, 6.07) is 10.4. The zero-order valence-electron chi connectivity index (χ0n) is 10.5. The molecule has 2 aromatic rings. The van der Waals surface area contributed by atoms with Gasteiger partial charge in [-0.15, -0.1) is 0 Å². The molecule has 8 heteroatoms. The first-order valence-corrected chi connectivity index (χ1v) is 9.17. The lowest BCUT2D eigenvalue weighted by Crippen LogP contribution is -2.14. The van der Waals surface area contributed by atoms with Crippen molar-refractivity contribution < 1.29 is 13.2 Å². The van der Waals surface area contributed by atoms with E-state index in [1.807, 2.05) is 24.3 Å². The number of nitrogens with two attached hydrogens (primary N) is 1. The SMILES string of the molecule is NS(=O)(=O)c1cc(Br)cc(Cl)c1OCc1cccc(Br)c1. The molecule has 2 N–H and O–H groups in total. The Labute approximate surface area is 144 Å². The molecule has 112 valence electrons. The van der Waals surface area contributed by atoms with Crippen LogP contribution >= 0.6 is 43.5 Å². The fourth-order valence-corrected chi connectivity index (χ4v) is 3.91. The van der Waals surface area contributed by atoms with E-state index in [9.17, 15) is 8.42 Å². The van der Waals surface area contributed by atoms with Crippen molar-refractivity contribution >= 4 is 53.5 Å². The summed E-state index contributed by atoms with van der Waals surface area (Å²) in [5.74, 6) is 0.0438. The summed E-state index contributed by atoms with van der Waals surface area (Å²) in [5, 5.41) is 5.36. The molecule has 0 unspecified atom stereocenters. The lowest BCUT2D eigenvalue weighted by atomic mass is 10.2. The molecule has 4 nitrogen and oxygen atoms in total. The fraction of sp³-hybridized carbons (Fsp3) is 0.0769. The Morgan fingerprint density at radius 2 is 1.86 bits per heavy atom. The van der Waals surface area contributed by atoms with Crippen LogP contribution in [0.5, 0.6) is 5.75 Å². The summed E-state index contributed by atoms with van der Waals surface area (Å²) in [6.45, 7) is 0.170. The molecule has 0 aromatic heterocycles. The second-order valence-electron chi connectivity index (χ2n) is 4.18. The number of rotatable bonds is 4. The number of primary sulfonamides is 1. The molecule has 0 spiro atoms. The maximum atomic E-state index is 11.6. The van der Waals surface area contributed by atoms with Crippen molar-refractivity contribution in [1.82, 2.24) is 0 Å². The topological polar surface area (TPSA) is 69.4 Å². The Morgan fingerprint density at radius 3 is 2.48 bits per heavy atom. The highest BCUT2D eigenvalue weighted by molar-refractivity contribution is 9.10. The van der Waals surface area contributed by atoms with Gasteiger partial charge in [-0.1, -0.05) is 55.6 Å². The molecule has 2 rings (SSSR count). The smallest absolute Gasteiger partial charge is 0.241 e. The molecule has 0 atom stereocenters. The van der Waals surface area contributed by atoms with Crippen LogP contribution < -0.4 is 9.88 Å². The first kappa shape index (κ1) is 16.8. The van der Waals surface area contributed by atoms with Gasteiger partial charge in [-0.2, -0.15) is 0 Å². The van der Waals surface area contributed by atoms with Crippen molar-refractivity contribution in [3.05, 3.63) is 55.9 Å². The minimum Gasteiger partial charge on any atom is -0.486 e. The minimum atomic E-state index is -3.94. The van der Waals surface area contributed by atoms with E-state index < -0.39 is 10.0 Å². The van der Waals surface area contributed by atoms with Gasteiger partial charge in [0.15, 0.2) is 5.75 Å². The highest BCUT2D eigenvalue weighted by Gasteiger charge is 2.19. The normalized spacial score (nSPS) is 11.4. The quantitative estimate of drug-likeness (QED) is 0.755. The van der Waals surface area contributed by atoms with Crippen LogP contribution in [0.4, 0.5) is 0 Å². The van der Waals surface area contributed by atoms with Crippen LogP contribution in [0.15, 0.2) is 50.2 Å². The molecule has 0 saturated carbocycles. The van der Waals surface area contributed by atoms with E-state index in [2.05, 4.69) is 31.9 Å². The van der Waals surface area contributed by atoms with Gasteiger partial charge in [0.05, 0.1) is 5.02 Å². The van der Waals surface area contributed by atoms with E-state index in [4.69, 9.17) is 21.5 Å². The standard InChI is InChI=1S/C13H10Br2ClNO3S/c14-9-3-1-2-8(4-9)7-20-13-11(16)5-10(15)6-12(13)21(17,18)19/h1-6H,7H2,(H2,17,18,19). The van der Waals surface area contributed by atoms with E-state index in [1.165, 1.54) is 6.07 Å². The van der Waals surface area contributed by atoms with E-state index in [0.29, 0.717) is 4.47 Å². The maximum Gasteiger partial charge on any atom is 0.241 e. The van der Waals surface area contributed by atoms with Gasteiger partial charge < -0.3 is 4.74 Å². The third-order valence-corrected chi connectivity index (χ3v) is 4.70. The first-order chi connectivity index (χ1) is 9.77. The molecular formula is C13H10Br2ClNO3S. The average Bonchev–Trinajstić information content (AvgIpc) is 2.36. The van der Waals surface area contributed by atoms with Crippen LogP contribution in [0.1, 0.15) is 5.56 Å². The van der Waals surface area contributed by atoms with Crippen LogP contribution in [-0.4, -0.2) is 8.42 Å². The van der Waals surface area contributed by atoms with Crippen molar-refractivity contribution in [1.29, 1.82) is 0 Å². The van der Waals surface area contributed by atoms with Crippen LogP contribution in [0.25, 0.3) is 0 Å². The molecule has 0 aliphatic rings. The van der Waals surface area contributed by atoms with Crippen molar-refractivity contribution in [2.24, 2.45) is 5.14 Å². The first-order valence-electron chi connectivity index (χ1n) is 5.66. The summed E-state index contributed by atoms with van der Waals surface area (Å²) in [4.78, 5) is -0.156. The van der Waals surface area contributed by atoms with E-state index in [0.717, 1.165) is 10.0 Å². The Balaban J connectivity index is 2.36. The molecule has 0 fully saturated rings. The molecule has 0 saturated heterocycles. The molecule has 0 radical (unpaired) electrons. The minimum absolute atomic E-state index is 0.0438. The largest absolute Gasteiger partial charge is 0.486 e. The molecule has 0 amide bonds. The maximum absolute atomic E-state index is 11.6. The van der Waals surface area contributed by atoms with Crippen LogP contribution in [0.2, 0.25) is 5.02 Å². The average molecular weight is 456 g/mol. The van der Waals surface area contributed by atoms with Crippen molar-refractivity contribution in [3.63, 3.8) is 0 Å². The number of hydrogen-bond donors (Lipinski definition) is 1. The lowest BCUT2D eigenvalue weighted by molar-refractivity contribution is 0.298. The van der Waals surface area contributed by atoms with Crippen molar-refractivity contribution in [3.8, 4) is 5.75 Å². The summed E-state index contributed by atoms with van der Waals surface area (Å²) in [6.07, 6.45) is 0. The third kappa shape index (κ3) is 4.43. The van der Waals surface area contributed by atoms with E-state index in [-0.39, 0.29) is 22.3 Å². The molecule has 0 bridgehead atoms. The van der Waals surface area contributed by atoms with Gasteiger partial charge in [-0.3, -0.25) is 0 Å². The molecular weight excluding hydrogens is 445 g/mol. The number of hydrogen-bond acceptors (Lipinski definition) is 3. The van der Waals surface area contributed by atoms with Gasteiger partial charge >= 0.3 is 0 Å². The lowest BCUT2D eigenvalue weighted by Gasteiger charge is -2.13. The highest BCUT2D eigenvalue weighted by atomic mass is 79.9. The molecule has 2 aromatic carbocycles. The highest BCUT2D eigenvalue weighted by Crippen LogP contribution is 2.35. The summed E-state index contributed by atoms with van der Waals surface area (Å²) < 4.78 is 30.2. The molecule has 0 heterocycles. The summed E-state index contributed by atoms with van der Waals surface area (Å²) in [7, 11) is -3.94. The second-order valence-corrected chi connectivity index (χ2v) is 7.95. The number of benzene rings is 2. The monoisotopic (exact) mass is 453 g/mol. The molecule has 21 heavy (non-hydrogen) atoms. The second kappa shape index (κ2) is 6.66. The van der Waals surface area contributed by atoms with Crippen LogP contribution in [-0.2, 0) is 16.6 Å². The number of halogens is 3. The van der Waals surface area contributed by atoms with Crippen molar-refractivity contribution in [2.75, 3.05) is 0 Å². The predicted octanol–water partition coefficient (Wildman–Crippen LogP) is 4.09. The summed E-state index contributed by atoms with van der Waals surface area (Å²) >= 11 is 12.6. The Morgan fingerprint density at radius 1 is 1.14 bits per heavy atom. The van der Waals surface area contributed by atoms with Crippen LogP contribution in [0.3, 0.4) is 0 Å².